The Kier molecular flexibility index (Phi) is 4.07. The van der Waals surface area contributed by atoms with Gasteiger partial charge in [0.05, 0.1) is 11.6 Å². The Labute approximate surface area is 123 Å². The number of nitrogens with zero attached hydrogens (tertiary/aromatic N) is 2. The Balaban J connectivity index is 2.27. The summed E-state index contributed by atoms with van der Waals surface area (Å²) in [6.07, 6.45) is 0. The van der Waals surface area contributed by atoms with E-state index in [0.717, 1.165) is 11.3 Å². The first kappa shape index (κ1) is 14.1. The molecule has 0 N–H and O–H groups in total. The molecule has 0 fully saturated rings. The van der Waals surface area contributed by atoms with Gasteiger partial charge in [0.1, 0.15) is 0 Å². The van der Waals surface area contributed by atoms with Gasteiger partial charge in [-0.25, -0.2) is 0 Å². The molecule has 20 heavy (non-hydrogen) atoms. The van der Waals surface area contributed by atoms with Crippen molar-refractivity contribution in [3.05, 3.63) is 64.2 Å². The third-order valence-corrected chi connectivity index (χ3v) is 3.51. The number of benzene rings is 2. The Bertz CT molecular complexity index is 687. The summed E-state index contributed by atoms with van der Waals surface area (Å²) in [5.41, 5.74) is 2.76. The van der Waals surface area contributed by atoms with Crippen molar-refractivity contribution in [2.45, 2.75) is 6.92 Å². The van der Waals surface area contributed by atoms with E-state index in [1.165, 1.54) is 4.90 Å². The van der Waals surface area contributed by atoms with Crippen molar-refractivity contribution in [3.63, 3.8) is 0 Å². The largest absolute Gasteiger partial charge is 0.311 e. The molecule has 0 aliphatic heterocycles. The van der Waals surface area contributed by atoms with E-state index in [2.05, 4.69) is 0 Å². The Morgan fingerprint density at radius 2 is 1.85 bits per heavy atom. The predicted molar refractivity (Wildman–Crippen MR) is 80.1 cm³/mol. The smallest absolute Gasteiger partial charge is 0.258 e. The maximum Gasteiger partial charge on any atom is 0.258 e. The van der Waals surface area contributed by atoms with E-state index in [1.807, 2.05) is 19.1 Å². The minimum absolute atomic E-state index is 0.142. The van der Waals surface area contributed by atoms with Crippen LogP contribution in [-0.4, -0.2) is 13.0 Å². The minimum atomic E-state index is -0.142. The van der Waals surface area contributed by atoms with Crippen molar-refractivity contribution in [3.8, 4) is 6.07 Å². The summed E-state index contributed by atoms with van der Waals surface area (Å²) in [5.74, 6) is -0.142. The van der Waals surface area contributed by atoms with Crippen LogP contribution in [0.4, 0.5) is 5.69 Å². The number of nitriles is 1. The van der Waals surface area contributed by atoms with E-state index in [9.17, 15) is 4.79 Å². The van der Waals surface area contributed by atoms with Crippen LogP contribution in [0.1, 0.15) is 21.5 Å². The lowest BCUT2D eigenvalue weighted by atomic mass is 10.1. The molecule has 0 saturated carbocycles. The first-order valence-electron chi connectivity index (χ1n) is 6.07. The summed E-state index contributed by atoms with van der Waals surface area (Å²) in [7, 11) is 1.69. The minimum Gasteiger partial charge on any atom is -0.311 e. The van der Waals surface area contributed by atoms with E-state index in [1.54, 1.807) is 43.4 Å². The van der Waals surface area contributed by atoms with Crippen LogP contribution in [0.5, 0.6) is 0 Å². The molecule has 100 valence electrons. The molecule has 0 aliphatic rings. The highest BCUT2D eigenvalue weighted by molar-refractivity contribution is 6.31. The van der Waals surface area contributed by atoms with Crippen LogP contribution in [0.2, 0.25) is 5.02 Å². The lowest BCUT2D eigenvalue weighted by Gasteiger charge is -2.17. The molecule has 2 rings (SSSR count). The zero-order valence-electron chi connectivity index (χ0n) is 11.2. The zero-order valence-corrected chi connectivity index (χ0v) is 12.0. The lowest BCUT2D eigenvalue weighted by Crippen LogP contribution is -2.26. The van der Waals surface area contributed by atoms with Crippen molar-refractivity contribution in [2.75, 3.05) is 11.9 Å². The number of rotatable bonds is 2. The van der Waals surface area contributed by atoms with Gasteiger partial charge in [-0.1, -0.05) is 17.7 Å². The molecule has 2 aromatic rings. The topological polar surface area (TPSA) is 44.1 Å². The van der Waals surface area contributed by atoms with E-state index < -0.39 is 0 Å². The molecule has 3 nitrogen and oxygen atoms in total. The standard InChI is InChI=1S/C16H13ClN2O/c1-11-3-6-13(9-15(11)17)16(20)19(2)14-7-4-12(10-18)5-8-14/h3-9H,1-2H3. The van der Waals surface area contributed by atoms with Crippen molar-refractivity contribution < 1.29 is 4.79 Å². The Morgan fingerprint density at radius 3 is 2.40 bits per heavy atom. The molecule has 0 atom stereocenters. The van der Waals surface area contributed by atoms with Gasteiger partial charge in [0.25, 0.3) is 5.91 Å². The van der Waals surface area contributed by atoms with Gasteiger partial charge < -0.3 is 4.90 Å². The van der Waals surface area contributed by atoms with Crippen molar-refractivity contribution in [2.24, 2.45) is 0 Å². The molecule has 0 aromatic heterocycles. The normalized spacial score (nSPS) is 9.90. The molecule has 0 spiro atoms. The van der Waals surface area contributed by atoms with Gasteiger partial charge in [-0.2, -0.15) is 5.26 Å². The van der Waals surface area contributed by atoms with E-state index >= 15 is 0 Å². The number of hydrogen-bond acceptors (Lipinski definition) is 2. The molecule has 0 saturated heterocycles. The van der Waals surface area contributed by atoms with Crippen LogP contribution in [0.3, 0.4) is 0 Å². The molecule has 0 unspecified atom stereocenters. The highest BCUT2D eigenvalue weighted by Crippen LogP contribution is 2.20. The number of halogens is 1. The van der Waals surface area contributed by atoms with Crippen molar-refractivity contribution in [1.29, 1.82) is 5.26 Å². The average Bonchev–Trinajstić information content (AvgIpc) is 2.48. The van der Waals surface area contributed by atoms with Gasteiger partial charge in [-0.05, 0) is 48.9 Å². The molecule has 4 heteroatoms. The maximum atomic E-state index is 12.4. The third kappa shape index (κ3) is 2.81. The van der Waals surface area contributed by atoms with Gasteiger partial charge in [0.15, 0.2) is 0 Å². The SMILES string of the molecule is Cc1ccc(C(=O)N(C)c2ccc(C#N)cc2)cc1Cl. The number of carbonyl (C=O) groups excluding carboxylic acids is 1. The third-order valence-electron chi connectivity index (χ3n) is 3.11. The molecule has 0 radical (unpaired) electrons. The van der Waals surface area contributed by atoms with Gasteiger partial charge >= 0.3 is 0 Å². The Morgan fingerprint density at radius 1 is 1.20 bits per heavy atom. The summed E-state index contributed by atoms with van der Waals surface area (Å²) < 4.78 is 0. The van der Waals surface area contributed by atoms with Gasteiger partial charge in [0, 0.05) is 23.3 Å². The van der Waals surface area contributed by atoms with Crippen molar-refractivity contribution in [1.82, 2.24) is 0 Å². The summed E-state index contributed by atoms with van der Waals surface area (Å²) in [6.45, 7) is 1.89. The molecule has 2 aromatic carbocycles. The summed E-state index contributed by atoms with van der Waals surface area (Å²) in [4.78, 5) is 13.9. The molecular formula is C16H13ClN2O. The maximum absolute atomic E-state index is 12.4. The van der Waals surface area contributed by atoms with Crippen LogP contribution >= 0.6 is 11.6 Å². The highest BCUT2D eigenvalue weighted by atomic mass is 35.5. The fourth-order valence-corrected chi connectivity index (χ4v) is 1.98. The summed E-state index contributed by atoms with van der Waals surface area (Å²) >= 11 is 6.04. The monoisotopic (exact) mass is 284 g/mol. The first-order valence-corrected chi connectivity index (χ1v) is 6.45. The molecular weight excluding hydrogens is 272 g/mol. The second kappa shape index (κ2) is 5.77. The predicted octanol–water partition coefficient (Wildman–Crippen LogP) is 3.80. The number of anilines is 1. The first-order chi connectivity index (χ1) is 9.52. The van der Waals surface area contributed by atoms with Gasteiger partial charge in [-0.15, -0.1) is 0 Å². The van der Waals surface area contributed by atoms with Gasteiger partial charge in [-0.3, -0.25) is 4.79 Å². The summed E-state index contributed by atoms with van der Waals surface area (Å²) in [5, 5.41) is 9.34. The number of aryl methyl sites for hydroxylation is 1. The zero-order chi connectivity index (χ0) is 14.7. The summed E-state index contributed by atoms with van der Waals surface area (Å²) in [6, 6.07) is 14.1. The van der Waals surface area contributed by atoms with Crippen LogP contribution in [-0.2, 0) is 0 Å². The average molecular weight is 285 g/mol. The lowest BCUT2D eigenvalue weighted by molar-refractivity contribution is 0.0993. The van der Waals surface area contributed by atoms with Crippen LogP contribution in [0, 0.1) is 18.3 Å². The molecule has 1 amide bonds. The van der Waals surface area contributed by atoms with Crippen molar-refractivity contribution >= 4 is 23.2 Å². The fraction of sp³-hybridized carbons (Fsp3) is 0.125. The molecule has 0 heterocycles. The van der Waals surface area contributed by atoms with E-state index in [-0.39, 0.29) is 5.91 Å². The van der Waals surface area contributed by atoms with Crippen LogP contribution < -0.4 is 4.90 Å². The Hall–Kier alpha value is -2.31. The second-order valence-electron chi connectivity index (χ2n) is 4.49. The second-order valence-corrected chi connectivity index (χ2v) is 4.89. The number of amides is 1. The van der Waals surface area contributed by atoms with Crippen LogP contribution in [0.25, 0.3) is 0 Å². The molecule has 0 bridgehead atoms. The molecule has 0 aliphatic carbocycles. The quantitative estimate of drug-likeness (QED) is 0.842. The highest BCUT2D eigenvalue weighted by Gasteiger charge is 2.14. The number of hydrogen-bond donors (Lipinski definition) is 0. The fourth-order valence-electron chi connectivity index (χ4n) is 1.80. The van der Waals surface area contributed by atoms with E-state index in [0.29, 0.717) is 16.1 Å². The van der Waals surface area contributed by atoms with Crippen LogP contribution in [0.15, 0.2) is 42.5 Å². The van der Waals surface area contributed by atoms with Gasteiger partial charge in [0.2, 0.25) is 0 Å². The van der Waals surface area contributed by atoms with E-state index in [4.69, 9.17) is 16.9 Å². The number of carbonyl (C=O) groups is 1.